The Bertz CT molecular complexity index is 673. The number of rotatable bonds is 3. The van der Waals surface area contributed by atoms with Gasteiger partial charge in [0.2, 0.25) is 0 Å². The molecule has 0 aliphatic rings. The number of H-pyrrole nitrogens is 1. The van der Waals surface area contributed by atoms with Crippen molar-refractivity contribution in [3.8, 4) is 5.75 Å². The summed E-state index contributed by atoms with van der Waals surface area (Å²) >= 11 is 5.11. The van der Waals surface area contributed by atoms with E-state index in [4.69, 9.17) is 17.0 Å². The number of carbonyl (C=O) groups is 1. The predicted octanol–water partition coefficient (Wildman–Crippen LogP) is 2.17. The average molecular weight is 278 g/mol. The van der Waals surface area contributed by atoms with Crippen molar-refractivity contribution in [2.45, 2.75) is 6.42 Å². The normalized spacial score (nSPS) is 10.4. The lowest BCUT2D eigenvalue weighted by atomic mass is 10.1. The number of para-hydroxylation sites is 1. The van der Waals surface area contributed by atoms with E-state index >= 15 is 0 Å². The van der Waals surface area contributed by atoms with Crippen molar-refractivity contribution in [1.82, 2.24) is 9.55 Å². The maximum Gasteiger partial charge on any atom is 0.356 e. The van der Waals surface area contributed by atoms with E-state index in [1.807, 2.05) is 6.07 Å². The first-order chi connectivity index (χ1) is 9.04. The average Bonchev–Trinajstić information content (AvgIpc) is 2.68. The van der Waals surface area contributed by atoms with Crippen molar-refractivity contribution in [3.05, 3.63) is 46.0 Å². The van der Waals surface area contributed by atoms with Crippen molar-refractivity contribution in [1.29, 1.82) is 0 Å². The van der Waals surface area contributed by atoms with Crippen LogP contribution in [0.3, 0.4) is 0 Å². The third-order valence-electron chi connectivity index (χ3n) is 2.97. The lowest BCUT2D eigenvalue weighted by Gasteiger charge is -2.07. The number of aromatic amines is 1. The van der Waals surface area contributed by atoms with E-state index in [-0.39, 0.29) is 5.75 Å². The molecule has 6 heteroatoms. The maximum absolute atomic E-state index is 11.7. The highest BCUT2D eigenvalue weighted by molar-refractivity contribution is 7.71. The number of methoxy groups -OCH3 is 1. The predicted molar refractivity (Wildman–Crippen MR) is 72.9 cm³/mol. The summed E-state index contributed by atoms with van der Waals surface area (Å²) in [4.78, 5) is 14.5. The van der Waals surface area contributed by atoms with Crippen LogP contribution < -0.4 is 0 Å². The van der Waals surface area contributed by atoms with E-state index in [1.54, 1.807) is 29.8 Å². The van der Waals surface area contributed by atoms with Crippen LogP contribution in [0.25, 0.3) is 0 Å². The fourth-order valence-corrected chi connectivity index (χ4v) is 2.08. The van der Waals surface area contributed by atoms with Gasteiger partial charge in [-0.05, 0) is 23.8 Å². The summed E-state index contributed by atoms with van der Waals surface area (Å²) in [5.74, 6) is -0.289. The molecule has 0 spiro atoms. The summed E-state index contributed by atoms with van der Waals surface area (Å²) in [7, 11) is 3.08. The van der Waals surface area contributed by atoms with Crippen LogP contribution in [0.4, 0.5) is 0 Å². The molecule has 0 aliphatic carbocycles. The van der Waals surface area contributed by atoms with Gasteiger partial charge in [0.15, 0.2) is 4.77 Å². The molecule has 2 rings (SSSR count). The van der Waals surface area contributed by atoms with Crippen LogP contribution in [-0.4, -0.2) is 27.7 Å². The van der Waals surface area contributed by atoms with Crippen LogP contribution in [0, 0.1) is 4.77 Å². The van der Waals surface area contributed by atoms with Crippen LogP contribution in [0.15, 0.2) is 24.3 Å². The summed E-state index contributed by atoms with van der Waals surface area (Å²) in [6, 6.07) is 6.98. The van der Waals surface area contributed by atoms with Crippen LogP contribution in [0.1, 0.15) is 21.7 Å². The number of aromatic hydroxyl groups is 1. The molecule has 0 radical (unpaired) electrons. The number of hydrogen-bond acceptors (Lipinski definition) is 4. The molecule has 0 fully saturated rings. The van der Waals surface area contributed by atoms with E-state index in [1.165, 1.54) is 7.11 Å². The van der Waals surface area contributed by atoms with Gasteiger partial charge in [0.1, 0.15) is 11.4 Å². The van der Waals surface area contributed by atoms with E-state index in [2.05, 4.69) is 4.98 Å². The summed E-state index contributed by atoms with van der Waals surface area (Å²) in [5, 5.41) is 9.79. The summed E-state index contributed by atoms with van der Waals surface area (Å²) < 4.78 is 6.86. The molecule has 0 bridgehead atoms. The molecule has 19 heavy (non-hydrogen) atoms. The molecule has 1 heterocycles. The highest BCUT2D eigenvalue weighted by Gasteiger charge is 2.18. The maximum atomic E-state index is 11.7. The van der Waals surface area contributed by atoms with Crippen LogP contribution in [0.2, 0.25) is 0 Å². The minimum atomic E-state index is -0.475. The number of carbonyl (C=O) groups excluding carboxylic acids is 1. The zero-order chi connectivity index (χ0) is 14.0. The Kier molecular flexibility index (Phi) is 3.71. The van der Waals surface area contributed by atoms with Gasteiger partial charge in [-0.15, -0.1) is 0 Å². The van der Waals surface area contributed by atoms with Crippen molar-refractivity contribution in [2.24, 2.45) is 7.05 Å². The first-order valence-electron chi connectivity index (χ1n) is 5.67. The lowest BCUT2D eigenvalue weighted by molar-refractivity contribution is 0.0593. The third kappa shape index (κ3) is 2.53. The minimum absolute atomic E-state index is 0.186. The number of nitrogens with one attached hydrogen (secondary N) is 1. The van der Waals surface area contributed by atoms with E-state index in [9.17, 15) is 9.90 Å². The van der Waals surface area contributed by atoms with Crippen molar-refractivity contribution < 1.29 is 14.6 Å². The number of nitrogens with zero attached hydrogens (tertiary/aromatic N) is 1. The number of phenols is 1. The molecule has 1 aromatic heterocycles. The molecule has 0 amide bonds. The Morgan fingerprint density at radius 2 is 2.16 bits per heavy atom. The molecular formula is C13H14N2O3S. The molecule has 2 N–H and O–H groups in total. The summed E-state index contributed by atoms with van der Waals surface area (Å²) in [5.41, 5.74) is 1.72. The van der Waals surface area contributed by atoms with Gasteiger partial charge in [0.05, 0.1) is 12.8 Å². The van der Waals surface area contributed by atoms with E-state index in [0.29, 0.717) is 22.6 Å². The van der Waals surface area contributed by atoms with Crippen molar-refractivity contribution in [3.63, 3.8) is 0 Å². The van der Waals surface area contributed by atoms with Crippen LogP contribution >= 0.6 is 12.2 Å². The Balaban J connectivity index is 2.48. The number of hydrogen-bond donors (Lipinski definition) is 2. The van der Waals surface area contributed by atoms with Gasteiger partial charge < -0.3 is 19.4 Å². The highest BCUT2D eigenvalue weighted by atomic mass is 32.1. The van der Waals surface area contributed by atoms with Gasteiger partial charge in [-0.1, -0.05) is 18.2 Å². The SMILES string of the molecule is COC(=O)c1[nH]c(=S)n(C)c1Cc1ccccc1O. The van der Waals surface area contributed by atoms with Crippen molar-refractivity contribution in [2.75, 3.05) is 7.11 Å². The highest BCUT2D eigenvalue weighted by Crippen LogP contribution is 2.21. The molecule has 1 aromatic carbocycles. The Labute approximate surface area is 115 Å². The fourth-order valence-electron chi connectivity index (χ4n) is 1.87. The van der Waals surface area contributed by atoms with Crippen molar-refractivity contribution >= 4 is 18.2 Å². The van der Waals surface area contributed by atoms with Crippen LogP contribution in [0.5, 0.6) is 5.75 Å². The number of aromatic nitrogens is 2. The molecular weight excluding hydrogens is 264 g/mol. The van der Waals surface area contributed by atoms with Crippen LogP contribution in [-0.2, 0) is 18.2 Å². The van der Waals surface area contributed by atoms with Gasteiger partial charge in [-0.3, -0.25) is 0 Å². The molecule has 0 aliphatic heterocycles. The molecule has 100 valence electrons. The van der Waals surface area contributed by atoms with E-state index < -0.39 is 5.97 Å². The second kappa shape index (κ2) is 5.27. The van der Waals surface area contributed by atoms with Gasteiger partial charge >= 0.3 is 5.97 Å². The first-order valence-corrected chi connectivity index (χ1v) is 6.08. The molecule has 5 nitrogen and oxygen atoms in total. The third-order valence-corrected chi connectivity index (χ3v) is 3.34. The zero-order valence-corrected chi connectivity index (χ0v) is 11.5. The van der Waals surface area contributed by atoms with Gasteiger partial charge in [-0.25, -0.2) is 4.79 Å². The Morgan fingerprint density at radius 3 is 2.79 bits per heavy atom. The molecule has 0 saturated carbocycles. The first kappa shape index (κ1) is 13.4. The minimum Gasteiger partial charge on any atom is -0.508 e. The van der Waals surface area contributed by atoms with Gasteiger partial charge in [0, 0.05) is 13.5 Å². The van der Waals surface area contributed by atoms with E-state index in [0.717, 1.165) is 5.56 Å². The fraction of sp³-hybridized carbons (Fsp3) is 0.231. The smallest absolute Gasteiger partial charge is 0.356 e. The number of benzene rings is 1. The number of phenolic OH excluding ortho intramolecular Hbond substituents is 1. The standard InChI is InChI=1S/C13H14N2O3S/c1-15-9(7-8-5-3-4-6-10(8)16)11(12(17)18-2)14-13(15)19/h3-6,16H,7H2,1-2H3,(H,14,19). The molecule has 0 atom stereocenters. The topological polar surface area (TPSA) is 67.2 Å². The lowest BCUT2D eigenvalue weighted by Crippen LogP contribution is -2.08. The number of imidazole rings is 1. The zero-order valence-electron chi connectivity index (χ0n) is 10.6. The number of esters is 1. The molecule has 0 unspecified atom stereocenters. The van der Waals surface area contributed by atoms with Gasteiger partial charge in [0.25, 0.3) is 0 Å². The summed E-state index contributed by atoms with van der Waals surface area (Å²) in [6.45, 7) is 0. The second-order valence-corrected chi connectivity index (χ2v) is 4.49. The monoisotopic (exact) mass is 278 g/mol. The Hall–Kier alpha value is -2.08. The quantitative estimate of drug-likeness (QED) is 0.667. The van der Waals surface area contributed by atoms with Gasteiger partial charge in [-0.2, -0.15) is 0 Å². The second-order valence-electron chi connectivity index (χ2n) is 4.11. The largest absolute Gasteiger partial charge is 0.508 e. The Morgan fingerprint density at radius 1 is 1.47 bits per heavy atom. The number of ether oxygens (including phenoxy) is 1. The molecule has 2 aromatic rings. The summed E-state index contributed by atoms with van der Waals surface area (Å²) in [6.07, 6.45) is 0.390. The molecule has 0 saturated heterocycles.